The molecule has 0 amide bonds. The number of nitrogens with zero attached hydrogens (tertiary/aromatic N) is 1. The first-order valence-corrected chi connectivity index (χ1v) is 3.59. The van der Waals surface area contributed by atoms with Gasteiger partial charge in [-0.1, -0.05) is 0 Å². The zero-order valence-electron chi connectivity index (χ0n) is 7.08. The van der Waals surface area contributed by atoms with Crippen molar-refractivity contribution in [3.8, 4) is 11.8 Å². The molecule has 3 nitrogen and oxygen atoms in total. The molecule has 0 radical (unpaired) electrons. The SMILES string of the molecule is COCOc1ccc(C#N)c(F)c1. The minimum atomic E-state index is -0.587. The molecular formula is C9H8FNO2. The fourth-order valence-corrected chi connectivity index (χ4v) is 0.803. The molecule has 0 aromatic heterocycles. The lowest BCUT2D eigenvalue weighted by Gasteiger charge is -2.04. The number of nitriles is 1. The molecule has 0 spiro atoms. The van der Waals surface area contributed by atoms with Crippen LogP contribution in [0.3, 0.4) is 0 Å². The van der Waals surface area contributed by atoms with Crippen LogP contribution in [0.2, 0.25) is 0 Å². The molecule has 0 saturated carbocycles. The predicted molar refractivity (Wildman–Crippen MR) is 43.6 cm³/mol. The lowest BCUT2D eigenvalue weighted by molar-refractivity contribution is 0.0509. The highest BCUT2D eigenvalue weighted by molar-refractivity contribution is 5.36. The van der Waals surface area contributed by atoms with Crippen molar-refractivity contribution in [2.24, 2.45) is 0 Å². The van der Waals surface area contributed by atoms with Crippen LogP contribution in [0.15, 0.2) is 18.2 Å². The van der Waals surface area contributed by atoms with E-state index >= 15 is 0 Å². The molecule has 0 aliphatic carbocycles. The summed E-state index contributed by atoms with van der Waals surface area (Å²) in [5.74, 6) is -0.241. The van der Waals surface area contributed by atoms with Crippen LogP contribution in [0.5, 0.6) is 5.75 Å². The second-order valence-corrected chi connectivity index (χ2v) is 2.30. The Bertz CT molecular complexity index is 333. The van der Waals surface area contributed by atoms with Gasteiger partial charge in [0.1, 0.15) is 17.6 Å². The van der Waals surface area contributed by atoms with Gasteiger partial charge < -0.3 is 9.47 Å². The second kappa shape index (κ2) is 4.43. The van der Waals surface area contributed by atoms with Gasteiger partial charge in [0, 0.05) is 13.2 Å². The molecule has 0 aliphatic heterocycles. The first kappa shape index (κ1) is 9.49. The van der Waals surface area contributed by atoms with E-state index in [0.29, 0.717) is 5.75 Å². The van der Waals surface area contributed by atoms with Crippen LogP contribution in [-0.2, 0) is 4.74 Å². The number of halogens is 1. The van der Waals surface area contributed by atoms with Crippen LogP contribution in [0.4, 0.5) is 4.39 Å². The Kier molecular flexibility index (Phi) is 3.23. The van der Waals surface area contributed by atoms with E-state index < -0.39 is 5.82 Å². The molecule has 0 heterocycles. The van der Waals surface area contributed by atoms with Gasteiger partial charge in [0.2, 0.25) is 0 Å². The molecule has 0 saturated heterocycles. The van der Waals surface area contributed by atoms with Gasteiger partial charge in [-0.05, 0) is 12.1 Å². The van der Waals surface area contributed by atoms with Gasteiger partial charge in [-0.15, -0.1) is 0 Å². The Morgan fingerprint density at radius 3 is 2.85 bits per heavy atom. The van der Waals surface area contributed by atoms with Gasteiger partial charge in [-0.2, -0.15) is 5.26 Å². The van der Waals surface area contributed by atoms with Crippen molar-refractivity contribution in [3.05, 3.63) is 29.6 Å². The molecule has 0 unspecified atom stereocenters. The molecule has 1 aromatic rings. The lowest BCUT2D eigenvalue weighted by atomic mass is 10.2. The standard InChI is InChI=1S/C9H8FNO2/c1-12-6-13-8-3-2-7(5-11)9(10)4-8/h2-4H,6H2,1H3. The van der Waals surface area contributed by atoms with E-state index in [4.69, 9.17) is 10.00 Å². The summed E-state index contributed by atoms with van der Waals surface area (Å²) in [7, 11) is 1.47. The number of methoxy groups -OCH3 is 1. The third-order valence-electron chi connectivity index (χ3n) is 1.40. The van der Waals surface area contributed by atoms with Crippen LogP contribution in [-0.4, -0.2) is 13.9 Å². The van der Waals surface area contributed by atoms with Crippen molar-refractivity contribution in [1.82, 2.24) is 0 Å². The summed E-state index contributed by atoms with van der Waals surface area (Å²) in [6.45, 7) is 0.0609. The van der Waals surface area contributed by atoms with Gasteiger partial charge in [0.25, 0.3) is 0 Å². The molecule has 0 fully saturated rings. The third kappa shape index (κ3) is 2.42. The molecule has 1 rings (SSSR count). The van der Waals surface area contributed by atoms with Gasteiger partial charge in [0.05, 0.1) is 5.56 Å². The molecule has 4 heteroatoms. The monoisotopic (exact) mass is 181 g/mol. The van der Waals surface area contributed by atoms with Crippen molar-refractivity contribution in [1.29, 1.82) is 5.26 Å². The summed E-state index contributed by atoms with van der Waals surface area (Å²) in [5.41, 5.74) is 0.00441. The van der Waals surface area contributed by atoms with Crippen molar-refractivity contribution in [2.45, 2.75) is 0 Å². The Labute approximate surface area is 75.3 Å². The number of hydrogen-bond acceptors (Lipinski definition) is 3. The highest BCUT2D eigenvalue weighted by atomic mass is 19.1. The van der Waals surface area contributed by atoms with E-state index in [2.05, 4.69) is 4.74 Å². The maximum Gasteiger partial charge on any atom is 0.188 e. The molecule has 68 valence electrons. The van der Waals surface area contributed by atoms with Crippen LogP contribution in [0.1, 0.15) is 5.56 Å². The van der Waals surface area contributed by atoms with Crippen LogP contribution < -0.4 is 4.74 Å². The van der Waals surface area contributed by atoms with Crippen LogP contribution in [0.25, 0.3) is 0 Å². The minimum absolute atomic E-state index is 0.00441. The van der Waals surface area contributed by atoms with Crippen LogP contribution >= 0.6 is 0 Å². The zero-order chi connectivity index (χ0) is 9.68. The van der Waals surface area contributed by atoms with Crippen LogP contribution in [0, 0.1) is 17.1 Å². The first-order chi connectivity index (χ1) is 6.27. The molecule has 1 aromatic carbocycles. The van der Waals surface area contributed by atoms with Crippen molar-refractivity contribution >= 4 is 0 Å². The highest BCUT2D eigenvalue weighted by Gasteiger charge is 2.02. The Hall–Kier alpha value is -1.60. The lowest BCUT2D eigenvalue weighted by Crippen LogP contribution is -1.99. The summed E-state index contributed by atoms with van der Waals surface area (Å²) >= 11 is 0. The average molecular weight is 181 g/mol. The summed E-state index contributed by atoms with van der Waals surface area (Å²) < 4.78 is 22.5. The average Bonchev–Trinajstić information content (AvgIpc) is 2.15. The topological polar surface area (TPSA) is 42.2 Å². The van der Waals surface area contributed by atoms with E-state index in [-0.39, 0.29) is 12.4 Å². The first-order valence-electron chi connectivity index (χ1n) is 3.59. The van der Waals surface area contributed by atoms with Crippen molar-refractivity contribution < 1.29 is 13.9 Å². The van der Waals surface area contributed by atoms with Gasteiger partial charge >= 0.3 is 0 Å². The number of benzene rings is 1. The van der Waals surface area contributed by atoms with E-state index in [9.17, 15) is 4.39 Å². The van der Waals surface area contributed by atoms with E-state index in [0.717, 1.165) is 6.07 Å². The van der Waals surface area contributed by atoms with E-state index in [1.165, 1.54) is 19.2 Å². The fourth-order valence-electron chi connectivity index (χ4n) is 0.803. The molecule has 0 aliphatic rings. The molecule has 0 N–H and O–H groups in total. The molecule has 13 heavy (non-hydrogen) atoms. The number of rotatable bonds is 3. The predicted octanol–water partition coefficient (Wildman–Crippen LogP) is 1.68. The maximum atomic E-state index is 12.9. The molecular weight excluding hydrogens is 173 g/mol. The Balaban J connectivity index is 2.79. The largest absolute Gasteiger partial charge is 0.467 e. The second-order valence-electron chi connectivity index (χ2n) is 2.30. The maximum absolute atomic E-state index is 12.9. The summed E-state index contributed by atoms with van der Waals surface area (Å²) in [4.78, 5) is 0. The number of ether oxygens (including phenoxy) is 2. The highest BCUT2D eigenvalue weighted by Crippen LogP contribution is 2.15. The fraction of sp³-hybridized carbons (Fsp3) is 0.222. The molecule has 0 atom stereocenters. The van der Waals surface area contributed by atoms with Gasteiger partial charge in [-0.25, -0.2) is 4.39 Å². The third-order valence-corrected chi connectivity index (χ3v) is 1.40. The Morgan fingerprint density at radius 1 is 1.54 bits per heavy atom. The van der Waals surface area contributed by atoms with Gasteiger partial charge in [0.15, 0.2) is 6.79 Å². The van der Waals surface area contributed by atoms with E-state index in [1.54, 1.807) is 6.07 Å². The zero-order valence-corrected chi connectivity index (χ0v) is 7.08. The minimum Gasteiger partial charge on any atom is -0.467 e. The smallest absolute Gasteiger partial charge is 0.188 e. The van der Waals surface area contributed by atoms with Crippen molar-refractivity contribution in [2.75, 3.05) is 13.9 Å². The number of hydrogen-bond donors (Lipinski definition) is 0. The quantitative estimate of drug-likeness (QED) is 0.666. The van der Waals surface area contributed by atoms with E-state index in [1.807, 2.05) is 0 Å². The molecule has 0 bridgehead atoms. The van der Waals surface area contributed by atoms with Crippen molar-refractivity contribution in [3.63, 3.8) is 0 Å². The summed E-state index contributed by atoms with van der Waals surface area (Å²) in [6.07, 6.45) is 0. The van der Waals surface area contributed by atoms with Gasteiger partial charge in [-0.3, -0.25) is 0 Å². The summed E-state index contributed by atoms with van der Waals surface area (Å²) in [5, 5.41) is 8.43. The normalized spacial score (nSPS) is 9.31. The Morgan fingerprint density at radius 2 is 2.31 bits per heavy atom. The summed E-state index contributed by atoms with van der Waals surface area (Å²) in [6, 6.07) is 5.74.